The van der Waals surface area contributed by atoms with Crippen molar-refractivity contribution >= 4 is 51.3 Å². The molecule has 2 aromatic carbocycles. The van der Waals surface area contributed by atoms with E-state index in [0.29, 0.717) is 0 Å². The fourth-order valence-electron chi connectivity index (χ4n) is 4.45. The molecular formula is C33H36N2O9. The van der Waals surface area contributed by atoms with E-state index >= 15 is 0 Å². The van der Waals surface area contributed by atoms with E-state index < -0.39 is 39.7 Å². The van der Waals surface area contributed by atoms with Crippen LogP contribution in [0.3, 0.4) is 0 Å². The molecule has 0 bridgehead atoms. The molecule has 0 saturated heterocycles. The maximum absolute atomic E-state index is 13.6. The van der Waals surface area contributed by atoms with Gasteiger partial charge in [0.05, 0.1) is 35.4 Å². The summed E-state index contributed by atoms with van der Waals surface area (Å²) in [7, 11) is 0. The maximum atomic E-state index is 13.6. The number of fused-ring (bicyclic) bond motifs is 2. The van der Waals surface area contributed by atoms with Crippen LogP contribution < -0.4 is 21.5 Å². The summed E-state index contributed by atoms with van der Waals surface area (Å²) in [5.41, 5.74) is -0.155. The van der Waals surface area contributed by atoms with Gasteiger partial charge in [0.2, 0.25) is 11.5 Å². The molecule has 0 spiro atoms. The molecule has 11 heteroatoms. The number of urea groups is 1. The summed E-state index contributed by atoms with van der Waals surface area (Å²) in [6, 6.07) is 7.98. The van der Waals surface area contributed by atoms with Crippen LogP contribution in [-0.4, -0.2) is 31.2 Å². The number of hydrogen-bond donors (Lipinski definition) is 2. The number of nitrogens with one attached hydrogen (secondary N) is 2. The summed E-state index contributed by atoms with van der Waals surface area (Å²) in [4.78, 5) is 64.5. The van der Waals surface area contributed by atoms with Crippen molar-refractivity contribution in [1.82, 2.24) is 0 Å². The van der Waals surface area contributed by atoms with Gasteiger partial charge in [0.25, 0.3) is 0 Å². The van der Waals surface area contributed by atoms with Gasteiger partial charge >= 0.3 is 18.0 Å². The molecule has 0 aliphatic rings. The van der Waals surface area contributed by atoms with Crippen molar-refractivity contribution in [1.29, 1.82) is 0 Å². The van der Waals surface area contributed by atoms with Crippen LogP contribution in [0.2, 0.25) is 0 Å². The molecule has 2 heterocycles. The van der Waals surface area contributed by atoms with Crippen LogP contribution in [-0.2, 0) is 20.3 Å². The summed E-state index contributed by atoms with van der Waals surface area (Å²) in [6.45, 7) is 15.1. The Bertz CT molecular complexity index is 1770. The molecule has 0 unspecified atom stereocenters. The maximum Gasteiger partial charge on any atom is 0.374 e. The normalized spacial score (nSPS) is 11.8. The van der Waals surface area contributed by atoms with Crippen molar-refractivity contribution < 1.29 is 32.7 Å². The Kier molecular flexibility index (Phi) is 8.71. The van der Waals surface area contributed by atoms with Crippen molar-refractivity contribution in [2.24, 2.45) is 0 Å². The predicted octanol–water partition coefficient (Wildman–Crippen LogP) is 6.49. The number of benzene rings is 2. The molecule has 232 valence electrons. The summed E-state index contributed by atoms with van der Waals surface area (Å²) in [6.07, 6.45) is 0. The second-order valence-corrected chi connectivity index (χ2v) is 12.3. The lowest BCUT2D eigenvalue weighted by atomic mass is 9.86. The Labute approximate surface area is 253 Å². The molecule has 0 aliphatic heterocycles. The number of amides is 2. The molecule has 2 aromatic heterocycles. The molecule has 44 heavy (non-hydrogen) atoms. The van der Waals surface area contributed by atoms with Gasteiger partial charge in [0, 0.05) is 12.1 Å². The molecule has 2 amide bonds. The number of hydrogen-bond acceptors (Lipinski definition) is 9. The van der Waals surface area contributed by atoms with E-state index in [0.717, 1.165) is 23.3 Å². The first-order chi connectivity index (χ1) is 20.5. The highest BCUT2D eigenvalue weighted by Crippen LogP contribution is 2.33. The fourth-order valence-corrected chi connectivity index (χ4v) is 4.45. The number of carbonyl (C=O) groups is 3. The van der Waals surface area contributed by atoms with Crippen LogP contribution >= 0.6 is 0 Å². The first-order valence-electron chi connectivity index (χ1n) is 14.2. The van der Waals surface area contributed by atoms with Gasteiger partial charge in [-0.25, -0.2) is 14.4 Å². The standard InChI is InChI=1S/C33H36N2O9/c1-9-41-29(38)25-15-23(36)19-11-17(32(3,4)5)13-21(27(19)43-25)34-31(40)35-22-14-18(33(6,7)8)12-20-24(37)16-26(44-28(20)22)30(39)42-10-2/h11-16H,9-10H2,1-8H3,(H2,34,35,40). The zero-order valence-electron chi connectivity index (χ0n) is 26.1. The van der Waals surface area contributed by atoms with Gasteiger partial charge in [0.1, 0.15) is 0 Å². The highest BCUT2D eigenvalue weighted by molar-refractivity contribution is 6.08. The minimum atomic E-state index is -0.820. The second kappa shape index (κ2) is 12.0. The molecule has 0 radical (unpaired) electrons. The van der Waals surface area contributed by atoms with Gasteiger partial charge in [-0.1, -0.05) is 41.5 Å². The van der Waals surface area contributed by atoms with Crippen molar-refractivity contribution in [3.8, 4) is 0 Å². The van der Waals surface area contributed by atoms with Gasteiger partial charge in [-0.3, -0.25) is 9.59 Å². The third-order valence-corrected chi connectivity index (χ3v) is 6.84. The van der Waals surface area contributed by atoms with Crippen molar-refractivity contribution in [2.75, 3.05) is 23.8 Å². The van der Waals surface area contributed by atoms with E-state index in [4.69, 9.17) is 18.3 Å². The zero-order valence-corrected chi connectivity index (χ0v) is 26.1. The molecule has 4 rings (SSSR count). The van der Waals surface area contributed by atoms with Gasteiger partial charge < -0.3 is 28.9 Å². The second-order valence-electron chi connectivity index (χ2n) is 12.3. The monoisotopic (exact) mass is 604 g/mol. The smallest absolute Gasteiger partial charge is 0.374 e. The van der Waals surface area contributed by atoms with Crippen molar-refractivity contribution in [2.45, 2.75) is 66.2 Å². The third-order valence-electron chi connectivity index (χ3n) is 6.84. The lowest BCUT2D eigenvalue weighted by Gasteiger charge is -2.22. The van der Waals surface area contributed by atoms with E-state index in [9.17, 15) is 24.0 Å². The van der Waals surface area contributed by atoms with Crippen molar-refractivity contribution in [3.63, 3.8) is 0 Å². The molecule has 2 N–H and O–H groups in total. The van der Waals surface area contributed by atoms with Gasteiger partial charge in [-0.15, -0.1) is 0 Å². The summed E-state index contributed by atoms with van der Waals surface area (Å²) >= 11 is 0. The Balaban J connectivity index is 1.86. The van der Waals surface area contributed by atoms with E-state index in [1.165, 1.54) is 0 Å². The lowest BCUT2D eigenvalue weighted by Crippen LogP contribution is -2.22. The van der Waals surface area contributed by atoms with Crippen LogP contribution in [0.15, 0.2) is 54.8 Å². The van der Waals surface area contributed by atoms with Crippen LogP contribution in [0.1, 0.15) is 87.6 Å². The predicted molar refractivity (Wildman–Crippen MR) is 167 cm³/mol. The minimum Gasteiger partial charge on any atom is -0.460 e. The Morgan fingerprint density at radius 1 is 0.636 bits per heavy atom. The van der Waals surface area contributed by atoms with Crippen LogP contribution in [0.5, 0.6) is 0 Å². The van der Waals surface area contributed by atoms with Gasteiger partial charge in [-0.05, 0) is 60.1 Å². The van der Waals surface area contributed by atoms with E-state index in [2.05, 4.69) is 10.6 Å². The average molecular weight is 605 g/mol. The zero-order chi connectivity index (χ0) is 32.6. The Hall–Kier alpha value is -4.93. The summed E-state index contributed by atoms with van der Waals surface area (Å²) in [5.74, 6) is -2.26. The number of carbonyl (C=O) groups excluding carboxylic acids is 3. The van der Waals surface area contributed by atoms with Crippen LogP contribution in [0.25, 0.3) is 21.9 Å². The van der Waals surface area contributed by atoms with Crippen LogP contribution in [0, 0.1) is 0 Å². The summed E-state index contributed by atoms with van der Waals surface area (Å²) < 4.78 is 21.6. The van der Waals surface area contributed by atoms with Crippen LogP contribution in [0.4, 0.5) is 16.2 Å². The highest BCUT2D eigenvalue weighted by atomic mass is 16.5. The number of esters is 2. The highest BCUT2D eigenvalue weighted by Gasteiger charge is 2.24. The molecule has 0 aliphatic carbocycles. The largest absolute Gasteiger partial charge is 0.460 e. The molecule has 0 saturated carbocycles. The Morgan fingerprint density at radius 2 is 1.00 bits per heavy atom. The lowest BCUT2D eigenvalue weighted by molar-refractivity contribution is 0.0482. The fraction of sp³-hybridized carbons (Fsp3) is 0.364. The minimum absolute atomic E-state index is 0.0202. The topological polar surface area (TPSA) is 154 Å². The van der Waals surface area contributed by atoms with E-state index in [1.54, 1.807) is 38.1 Å². The number of anilines is 2. The third kappa shape index (κ3) is 6.66. The molecule has 0 fully saturated rings. The van der Waals surface area contributed by atoms with E-state index in [-0.39, 0.29) is 58.0 Å². The SMILES string of the molecule is CCOC(=O)c1cc(=O)c2cc(C(C)(C)C)cc(NC(=O)Nc3cc(C(C)(C)C)cc4c(=O)cc(C(=O)OCC)oc34)c2o1. The first-order valence-corrected chi connectivity index (χ1v) is 14.2. The molecule has 11 nitrogen and oxygen atoms in total. The van der Waals surface area contributed by atoms with Gasteiger partial charge in [-0.2, -0.15) is 0 Å². The summed E-state index contributed by atoms with van der Waals surface area (Å²) in [5, 5.41) is 5.76. The Morgan fingerprint density at radius 3 is 1.32 bits per heavy atom. The molecule has 4 aromatic rings. The molecular weight excluding hydrogens is 568 g/mol. The number of rotatable bonds is 6. The van der Waals surface area contributed by atoms with Gasteiger partial charge in [0.15, 0.2) is 22.0 Å². The molecule has 0 atom stereocenters. The average Bonchev–Trinajstić information content (AvgIpc) is 2.92. The van der Waals surface area contributed by atoms with E-state index in [1.807, 2.05) is 41.5 Å². The number of ether oxygens (including phenoxy) is 2. The van der Waals surface area contributed by atoms with Crippen molar-refractivity contribution in [3.05, 3.63) is 79.5 Å². The first kappa shape index (κ1) is 32.0. The quantitative estimate of drug-likeness (QED) is 0.235.